The fourth-order valence-electron chi connectivity index (χ4n) is 2.95. The van der Waals surface area contributed by atoms with Gasteiger partial charge in [-0.2, -0.15) is 5.10 Å². The summed E-state index contributed by atoms with van der Waals surface area (Å²) in [7, 11) is 6.14. The van der Waals surface area contributed by atoms with Gasteiger partial charge in [0.2, 0.25) is 0 Å². The van der Waals surface area contributed by atoms with Crippen molar-refractivity contribution in [2.75, 3.05) is 32.1 Å². The molecule has 7 heteroatoms. The third kappa shape index (κ3) is 2.58. The number of nitrogens with zero attached hydrogens (tertiary/aromatic N) is 5. The normalized spacial score (nSPS) is 18.1. The number of piperidine rings is 1. The van der Waals surface area contributed by atoms with Crippen molar-refractivity contribution in [3.63, 3.8) is 0 Å². The third-order valence-electron chi connectivity index (χ3n) is 4.05. The number of anilines is 1. The smallest absolute Gasteiger partial charge is 0.175 e. The Morgan fingerprint density at radius 2 is 2.00 bits per heavy atom. The van der Waals surface area contributed by atoms with E-state index in [1.54, 1.807) is 0 Å². The molecular formula is C13H24N6O. The molecule has 20 heavy (non-hydrogen) atoms. The quantitative estimate of drug-likeness (QED) is 0.361. The van der Waals surface area contributed by atoms with E-state index in [1.165, 1.54) is 0 Å². The lowest BCUT2D eigenvalue weighted by atomic mass is 10.0. The summed E-state index contributed by atoms with van der Waals surface area (Å²) in [5.74, 6) is 1.07. The Hall–Kier alpha value is -1.76. The predicted molar refractivity (Wildman–Crippen MR) is 79.4 cm³/mol. The van der Waals surface area contributed by atoms with Crippen LogP contribution >= 0.6 is 0 Å². The molecule has 1 aliphatic rings. The van der Waals surface area contributed by atoms with Crippen LogP contribution in [-0.2, 0) is 7.05 Å². The van der Waals surface area contributed by atoms with Gasteiger partial charge in [-0.25, -0.2) is 0 Å². The van der Waals surface area contributed by atoms with Gasteiger partial charge in [0.1, 0.15) is 5.82 Å². The maximum atomic E-state index is 8.96. The van der Waals surface area contributed by atoms with Crippen molar-refractivity contribution in [1.82, 2.24) is 14.7 Å². The first-order chi connectivity index (χ1) is 9.45. The van der Waals surface area contributed by atoms with Gasteiger partial charge in [0.25, 0.3) is 0 Å². The number of aryl methyl sites for hydroxylation is 2. The monoisotopic (exact) mass is 280 g/mol. The molecule has 1 aromatic heterocycles. The van der Waals surface area contributed by atoms with Crippen LogP contribution in [0.4, 0.5) is 5.82 Å². The van der Waals surface area contributed by atoms with Crippen LogP contribution in [0.5, 0.6) is 0 Å². The van der Waals surface area contributed by atoms with Crippen LogP contribution < -0.4 is 10.6 Å². The van der Waals surface area contributed by atoms with Crippen LogP contribution in [0.2, 0.25) is 0 Å². The minimum atomic E-state index is 0.125. The molecule has 0 amide bonds. The number of aromatic nitrogens is 2. The Labute approximate surface area is 119 Å². The van der Waals surface area contributed by atoms with E-state index in [-0.39, 0.29) is 5.84 Å². The molecular weight excluding hydrogens is 256 g/mol. The second-order valence-corrected chi connectivity index (χ2v) is 5.57. The molecule has 3 N–H and O–H groups in total. The lowest BCUT2D eigenvalue weighted by Crippen LogP contribution is -2.43. The summed E-state index contributed by atoms with van der Waals surface area (Å²) in [5.41, 5.74) is 7.32. The fraction of sp³-hybridized carbons (Fsp3) is 0.692. The highest BCUT2D eigenvalue weighted by Gasteiger charge is 2.27. The maximum Gasteiger partial charge on any atom is 0.175 e. The summed E-state index contributed by atoms with van der Waals surface area (Å²) in [4.78, 5) is 4.55. The van der Waals surface area contributed by atoms with Gasteiger partial charge in [0.05, 0.1) is 11.3 Å². The topological polar surface area (TPSA) is 82.9 Å². The van der Waals surface area contributed by atoms with E-state index in [0.717, 1.165) is 43.0 Å². The van der Waals surface area contributed by atoms with Crippen LogP contribution in [0, 0.1) is 6.92 Å². The molecule has 0 atom stereocenters. The highest BCUT2D eigenvalue weighted by molar-refractivity contribution is 6.02. The van der Waals surface area contributed by atoms with Crippen molar-refractivity contribution < 1.29 is 5.21 Å². The lowest BCUT2D eigenvalue weighted by molar-refractivity contribution is 0.249. The minimum absolute atomic E-state index is 0.125. The van der Waals surface area contributed by atoms with Crippen LogP contribution in [0.3, 0.4) is 0 Å². The first kappa shape index (κ1) is 14.6. The minimum Gasteiger partial charge on any atom is -0.409 e. The number of nitrogens with two attached hydrogens (primary N) is 1. The number of amidine groups is 1. The van der Waals surface area contributed by atoms with Crippen molar-refractivity contribution in [2.45, 2.75) is 25.8 Å². The van der Waals surface area contributed by atoms with Gasteiger partial charge in [-0.15, -0.1) is 0 Å². The van der Waals surface area contributed by atoms with Gasteiger partial charge < -0.3 is 20.7 Å². The van der Waals surface area contributed by atoms with Gasteiger partial charge in [0.15, 0.2) is 5.84 Å². The molecule has 0 bridgehead atoms. The van der Waals surface area contributed by atoms with Crippen molar-refractivity contribution in [3.05, 3.63) is 11.3 Å². The molecule has 0 aliphatic carbocycles. The van der Waals surface area contributed by atoms with Crippen LogP contribution in [0.1, 0.15) is 24.1 Å². The van der Waals surface area contributed by atoms with Crippen molar-refractivity contribution in [1.29, 1.82) is 0 Å². The largest absolute Gasteiger partial charge is 0.409 e. The molecule has 1 aliphatic heterocycles. The molecule has 0 spiro atoms. The summed E-state index contributed by atoms with van der Waals surface area (Å²) in [6, 6.07) is 0.618. The molecule has 2 heterocycles. The Morgan fingerprint density at radius 3 is 2.50 bits per heavy atom. The van der Waals surface area contributed by atoms with Crippen molar-refractivity contribution >= 4 is 11.7 Å². The predicted octanol–water partition coefficient (Wildman–Crippen LogP) is 0.353. The van der Waals surface area contributed by atoms with E-state index in [4.69, 9.17) is 10.9 Å². The molecule has 0 saturated carbocycles. The van der Waals surface area contributed by atoms with E-state index in [9.17, 15) is 0 Å². The van der Waals surface area contributed by atoms with Crippen LogP contribution in [0.25, 0.3) is 0 Å². The Morgan fingerprint density at radius 1 is 1.40 bits per heavy atom. The van der Waals surface area contributed by atoms with E-state index >= 15 is 0 Å². The lowest BCUT2D eigenvalue weighted by Gasteiger charge is -2.36. The Kier molecular flexibility index (Phi) is 4.17. The number of oxime groups is 1. The molecule has 0 unspecified atom stereocenters. The van der Waals surface area contributed by atoms with Crippen LogP contribution in [-0.4, -0.2) is 58.9 Å². The summed E-state index contributed by atoms with van der Waals surface area (Å²) < 4.78 is 1.82. The van der Waals surface area contributed by atoms with E-state index in [1.807, 2.05) is 18.7 Å². The zero-order chi connectivity index (χ0) is 14.9. The standard InChI is InChI=1S/C13H24N6O/c1-9-11(12(14)16-20)13(18(4)15-9)19-7-5-10(6-8-19)17(2)3/h10,20H,5-8H2,1-4H3,(H2,14,16). The average Bonchev–Trinajstić information content (AvgIpc) is 2.72. The summed E-state index contributed by atoms with van der Waals surface area (Å²) in [6.07, 6.45) is 2.21. The first-order valence-corrected chi connectivity index (χ1v) is 6.88. The van der Waals surface area contributed by atoms with Crippen molar-refractivity contribution in [2.24, 2.45) is 17.9 Å². The van der Waals surface area contributed by atoms with Gasteiger partial charge in [-0.3, -0.25) is 4.68 Å². The van der Waals surface area contributed by atoms with Gasteiger partial charge in [-0.1, -0.05) is 5.16 Å². The zero-order valence-electron chi connectivity index (χ0n) is 12.7. The number of hydrogen-bond acceptors (Lipinski definition) is 5. The number of hydrogen-bond donors (Lipinski definition) is 2. The van der Waals surface area contributed by atoms with Gasteiger partial charge in [0, 0.05) is 26.2 Å². The first-order valence-electron chi connectivity index (χ1n) is 6.88. The molecule has 7 nitrogen and oxygen atoms in total. The van der Waals surface area contributed by atoms with E-state index in [0.29, 0.717) is 6.04 Å². The summed E-state index contributed by atoms with van der Waals surface area (Å²) in [5, 5.41) is 16.5. The molecule has 1 saturated heterocycles. The van der Waals surface area contributed by atoms with Gasteiger partial charge in [-0.05, 0) is 33.9 Å². The molecule has 1 fully saturated rings. The molecule has 2 rings (SSSR count). The molecule has 0 radical (unpaired) electrons. The second kappa shape index (κ2) is 5.70. The number of rotatable bonds is 3. The molecule has 0 aromatic carbocycles. The summed E-state index contributed by atoms with van der Waals surface area (Å²) in [6.45, 7) is 3.78. The molecule has 112 valence electrons. The molecule has 1 aromatic rings. The highest BCUT2D eigenvalue weighted by Crippen LogP contribution is 2.26. The Bertz CT molecular complexity index is 499. The SMILES string of the molecule is Cc1nn(C)c(N2CCC(N(C)C)CC2)c1C(N)=NO. The van der Waals surface area contributed by atoms with Crippen molar-refractivity contribution in [3.8, 4) is 0 Å². The third-order valence-corrected chi connectivity index (χ3v) is 4.05. The Balaban J connectivity index is 2.26. The maximum absolute atomic E-state index is 8.96. The van der Waals surface area contributed by atoms with E-state index in [2.05, 4.69) is 34.1 Å². The van der Waals surface area contributed by atoms with E-state index < -0.39 is 0 Å². The fourth-order valence-corrected chi connectivity index (χ4v) is 2.95. The van der Waals surface area contributed by atoms with Crippen LogP contribution in [0.15, 0.2) is 5.16 Å². The summed E-state index contributed by atoms with van der Waals surface area (Å²) >= 11 is 0. The average molecular weight is 280 g/mol. The second-order valence-electron chi connectivity index (χ2n) is 5.57. The van der Waals surface area contributed by atoms with Gasteiger partial charge >= 0.3 is 0 Å². The highest BCUT2D eigenvalue weighted by atomic mass is 16.4. The zero-order valence-corrected chi connectivity index (χ0v) is 12.7.